The monoisotopic (exact) mass is 347 g/mol. The lowest BCUT2D eigenvalue weighted by molar-refractivity contribution is -0.131. The van der Waals surface area contributed by atoms with E-state index in [0.717, 1.165) is 23.4 Å². The zero-order valence-electron chi connectivity index (χ0n) is 15.6. The Hall–Kier alpha value is -2.08. The predicted octanol–water partition coefficient (Wildman–Crippen LogP) is 1.19. The van der Waals surface area contributed by atoms with Gasteiger partial charge in [-0.3, -0.25) is 14.5 Å². The van der Waals surface area contributed by atoms with Gasteiger partial charge in [-0.2, -0.15) is 0 Å². The van der Waals surface area contributed by atoms with Crippen LogP contribution in [-0.4, -0.2) is 61.4 Å². The molecule has 0 saturated carbocycles. The fourth-order valence-corrected chi connectivity index (χ4v) is 3.32. The van der Waals surface area contributed by atoms with Gasteiger partial charge < -0.3 is 15.4 Å². The van der Waals surface area contributed by atoms with E-state index in [2.05, 4.69) is 6.07 Å². The number of likely N-dealkylation sites (tertiary alicyclic amines) is 1. The number of aryl methyl sites for hydroxylation is 2. The van der Waals surface area contributed by atoms with Crippen LogP contribution >= 0.6 is 0 Å². The van der Waals surface area contributed by atoms with Crippen molar-refractivity contribution in [2.75, 3.05) is 39.8 Å². The second kappa shape index (κ2) is 8.34. The van der Waals surface area contributed by atoms with Crippen molar-refractivity contribution in [3.63, 3.8) is 0 Å². The van der Waals surface area contributed by atoms with Crippen molar-refractivity contribution >= 4 is 11.8 Å². The van der Waals surface area contributed by atoms with Crippen LogP contribution in [0.15, 0.2) is 18.2 Å². The molecule has 1 aliphatic heterocycles. The van der Waals surface area contributed by atoms with Gasteiger partial charge in [0.05, 0.1) is 19.0 Å². The van der Waals surface area contributed by atoms with Crippen LogP contribution in [0.25, 0.3) is 0 Å². The first kappa shape index (κ1) is 19.2. The van der Waals surface area contributed by atoms with Crippen LogP contribution in [0.5, 0.6) is 5.75 Å². The van der Waals surface area contributed by atoms with Crippen LogP contribution in [0.3, 0.4) is 0 Å². The highest BCUT2D eigenvalue weighted by Gasteiger charge is 2.34. The molecule has 25 heavy (non-hydrogen) atoms. The summed E-state index contributed by atoms with van der Waals surface area (Å²) in [4.78, 5) is 27.4. The lowest BCUT2D eigenvalue weighted by Crippen LogP contribution is -2.39. The SMILES string of the molecule is Cc1cc(C)cc(OCCN(C)C(=O)CN2C[C@@H](C)[C@H](C(N)=O)C2)c1. The van der Waals surface area contributed by atoms with Gasteiger partial charge in [0.2, 0.25) is 11.8 Å². The summed E-state index contributed by atoms with van der Waals surface area (Å²) in [5, 5.41) is 0. The summed E-state index contributed by atoms with van der Waals surface area (Å²) in [6.07, 6.45) is 0. The normalized spacial score (nSPS) is 20.5. The van der Waals surface area contributed by atoms with Gasteiger partial charge in [-0.15, -0.1) is 0 Å². The highest BCUT2D eigenvalue weighted by molar-refractivity contribution is 5.79. The summed E-state index contributed by atoms with van der Waals surface area (Å²) < 4.78 is 5.76. The number of rotatable bonds is 7. The fourth-order valence-electron chi connectivity index (χ4n) is 3.32. The van der Waals surface area contributed by atoms with Gasteiger partial charge in [-0.1, -0.05) is 13.0 Å². The zero-order chi connectivity index (χ0) is 18.6. The Morgan fingerprint density at radius 2 is 1.88 bits per heavy atom. The molecule has 1 heterocycles. The van der Waals surface area contributed by atoms with Gasteiger partial charge in [0, 0.05) is 20.1 Å². The molecule has 0 unspecified atom stereocenters. The molecule has 2 atom stereocenters. The number of nitrogens with zero attached hydrogens (tertiary/aromatic N) is 2. The molecule has 1 aromatic carbocycles. The third kappa shape index (κ3) is 5.46. The maximum Gasteiger partial charge on any atom is 0.236 e. The highest BCUT2D eigenvalue weighted by Crippen LogP contribution is 2.22. The quantitative estimate of drug-likeness (QED) is 0.804. The molecule has 1 saturated heterocycles. The summed E-state index contributed by atoms with van der Waals surface area (Å²) in [5.74, 6) is 0.615. The number of benzene rings is 1. The minimum atomic E-state index is -0.280. The number of carbonyl (C=O) groups excluding carboxylic acids is 2. The van der Waals surface area contributed by atoms with Crippen molar-refractivity contribution in [2.45, 2.75) is 20.8 Å². The van der Waals surface area contributed by atoms with Crippen molar-refractivity contribution < 1.29 is 14.3 Å². The molecule has 6 heteroatoms. The Morgan fingerprint density at radius 3 is 2.44 bits per heavy atom. The first-order valence-corrected chi connectivity index (χ1v) is 8.73. The van der Waals surface area contributed by atoms with Gasteiger partial charge in [0.15, 0.2) is 0 Å². The summed E-state index contributed by atoms with van der Waals surface area (Å²) >= 11 is 0. The van der Waals surface area contributed by atoms with Crippen LogP contribution in [0.2, 0.25) is 0 Å². The van der Waals surface area contributed by atoms with Crippen molar-refractivity contribution in [3.05, 3.63) is 29.3 Å². The van der Waals surface area contributed by atoms with Crippen LogP contribution in [0.4, 0.5) is 0 Å². The Balaban J connectivity index is 1.76. The average molecular weight is 347 g/mol. The van der Waals surface area contributed by atoms with E-state index < -0.39 is 0 Å². The van der Waals surface area contributed by atoms with Crippen molar-refractivity contribution in [1.29, 1.82) is 0 Å². The summed E-state index contributed by atoms with van der Waals surface area (Å²) in [5.41, 5.74) is 7.72. The summed E-state index contributed by atoms with van der Waals surface area (Å²) in [7, 11) is 1.78. The van der Waals surface area contributed by atoms with E-state index in [1.165, 1.54) is 0 Å². The zero-order valence-corrected chi connectivity index (χ0v) is 15.6. The predicted molar refractivity (Wildman–Crippen MR) is 97.3 cm³/mol. The maximum atomic E-state index is 12.3. The van der Waals surface area contributed by atoms with E-state index >= 15 is 0 Å². The highest BCUT2D eigenvalue weighted by atomic mass is 16.5. The van der Waals surface area contributed by atoms with Crippen LogP contribution in [0, 0.1) is 25.7 Å². The molecule has 1 fully saturated rings. The standard InChI is InChI=1S/C19H29N3O3/c1-13-7-14(2)9-16(8-13)25-6-5-21(4)18(23)12-22-10-15(3)17(11-22)19(20)24/h7-9,15,17H,5-6,10-12H2,1-4H3,(H2,20,24)/t15-,17-/m1/s1. The number of primary amides is 1. The molecule has 0 bridgehead atoms. The minimum absolute atomic E-state index is 0.0290. The summed E-state index contributed by atoms with van der Waals surface area (Å²) in [6, 6.07) is 6.08. The van der Waals surface area contributed by atoms with Crippen LogP contribution in [0.1, 0.15) is 18.1 Å². The van der Waals surface area contributed by atoms with Gasteiger partial charge in [-0.25, -0.2) is 0 Å². The fraction of sp³-hybridized carbons (Fsp3) is 0.579. The maximum absolute atomic E-state index is 12.3. The van der Waals surface area contributed by atoms with E-state index in [1.54, 1.807) is 11.9 Å². The smallest absolute Gasteiger partial charge is 0.236 e. The molecule has 0 radical (unpaired) electrons. The third-order valence-corrected chi connectivity index (χ3v) is 4.73. The Kier molecular flexibility index (Phi) is 6.42. The van der Waals surface area contributed by atoms with E-state index in [4.69, 9.17) is 10.5 Å². The van der Waals surface area contributed by atoms with Gasteiger partial charge in [0.25, 0.3) is 0 Å². The lowest BCUT2D eigenvalue weighted by atomic mass is 9.98. The van der Waals surface area contributed by atoms with Gasteiger partial charge in [-0.05, 0) is 43.0 Å². The van der Waals surface area contributed by atoms with E-state index in [1.807, 2.05) is 37.8 Å². The molecule has 1 aliphatic rings. The van der Waals surface area contributed by atoms with Crippen LogP contribution in [-0.2, 0) is 9.59 Å². The second-order valence-corrected chi connectivity index (χ2v) is 7.17. The first-order valence-electron chi connectivity index (χ1n) is 8.73. The van der Waals surface area contributed by atoms with Crippen LogP contribution < -0.4 is 10.5 Å². The molecule has 6 nitrogen and oxygen atoms in total. The summed E-state index contributed by atoms with van der Waals surface area (Å²) in [6.45, 7) is 8.65. The number of carbonyl (C=O) groups is 2. The Labute approximate surface area is 149 Å². The number of nitrogens with two attached hydrogens (primary N) is 1. The number of hydrogen-bond donors (Lipinski definition) is 1. The largest absolute Gasteiger partial charge is 0.492 e. The molecular formula is C19H29N3O3. The van der Waals surface area contributed by atoms with E-state index in [-0.39, 0.29) is 23.7 Å². The molecule has 2 N–H and O–H groups in total. The Bertz CT molecular complexity index is 612. The van der Waals surface area contributed by atoms with Gasteiger partial charge >= 0.3 is 0 Å². The molecule has 0 aliphatic carbocycles. The number of hydrogen-bond acceptors (Lipinski definition) is 4. The minimum Gasteiger partial charge on any atom is -0.492 e. The number of ether oxygens (including phenoxy) is 1. The molecule has 0 aromatic heterocycles. The second-order valence-electron chi connectivity index (χ2n) is 7.17. The van der Waals surface area contributed by atoms with E-state index in [9.17, 15) is 9.59 Å². The van der Waals surface area contributed by atoms with Crippen molar-refractivity contribution in [2.24, 2.45) is 17.6 Å². The number of likely N-dealkylation sites (N-methyl/N-ethyl adjacent to an activating group) is 1. The van der Waals surface area contributed by atoms with Crippen molar-refractivity contribution in [3.8, 4) is 5.75 Å². The lowest BCUT2D eigenvalue weighted by Gasteiger charge is -2.21. The van der Waals surface area contributed by atoms with E-state index in [0.29, 0.717) is 26.2 Å². The third-order valence-electron chi connectivity index (χ3n) is 4.73. The molecule has 2 rings (SSSR count). The van der Waals surface area contributed by atoms with Crippen molar-refractivity contribution in [1.82, 2.24) is 9.80 Å². The van der Waals surface area contributed by atoms with Gasteiger partial charge in [0.1, 0.15) is 12.4 Å². The number of amides is 2. The Morgan fingerprint density at radius 1 is 1.24 bits per heavy atom. The molecular weight excluding hydrogens is 318 g/mol. The molecule has 138 valence electrons. The molecule has 2 amide bonds. The molecule has 0 spiro atoms. The topological polar surface area (TPSA) is 75.9 Å². The average Bonchev–Trinajstić information content (AvgIpc) is 2.86. The first-order chi connectivity index (χ1) is 11.8. The molecule has 1 aromatic rings.